The molecule has 2 aromatic carbocycles. The number of phenolic OH excluding ortho intramolecular Hbond substituents is 2. The van der Waals surface area contributed by atoms with Gasteiger partial charge in [-0.25, -0.2) is 0 Å². The van der Waals surface area contributed by atoms with Crippen LogP contribution in [0.15, 0.2) is 48.5 Å². The maximum absolute atomic E-state index is 9.02. The van der Waals surface area contributed by atoms with Crippen LogP contribution in [0, 0.1) is 0 Å². The summed E-state index contributed by atoms with van der Waals surface area (Å²) in [4.78, 5) is 0. The summed E-state index contributed by atoms with van der Waals surface area (Å²) in [7, 11) is 15.0. The minimum atomic E-state index is -2.03. The molecule has 0 saturated heterocycles. The van der Waals surface area contributed by atoms with E-state index in [4.69, 9.17) is 37.8 Å². The van der Waals surface area contributed by atoms with Crippen molar-refractivity contribution in [3.8, 4) is 11.5 Å². The number of aromatic hydroxyl groups is 2. The first kappa shape index (κ1) is 25.7. The minimum absolute atomic E-state index is 0.174. The van der Waals surface area contributed by atoms with E-state index in [1.165, 1.54) is 11.1 Å². The van der Waals surface area contributed by atoms with Crippen LogP contribution in [-0.2, 0) is 26.0 Å². The molecule has 0 atom stereocenters. The van der Waals surface area contributed by atoms with E-state index in [-0.39, 0.29) is 10.8 Å². The average Bonchev–Trinajstić information content (AvgIpc) is 2.46. The second-order valence-electron chi connectivity index (χ2n) is 7.79. The Labute approximate surface area is 175 Å². The molecule has 2 rings (SSSR count). The van der Waals surface area contributed by atoms with Crippen LogP contribution in [0.3, 0.4) is 0 Å². The quantitative estimate of drug-likeness (QED) is 0.370. The second-order valence-corrected chi connectivity index (χ2v) is 17.8. The zero-order valence-corrected chi connectivity index (χ0v) is 20.6. The van der Waals surface area contributed by atoms with Crippen molar-refractivity contribution in [1.29, 1.82) is 0 Å². The normalized spacial score (nSPS) is 11.2. The van der Waals surface area contributed by atoms with Gasteiger partial charge in [-0.05, 0) is 46.2 Å². The summed E-state index contributed by atoms with van der Waals surface area (Å²) in [5.74, 6) is 0.663. The molecule has 0 heterocycles. The molecule has 2 N–H and O–H groups in total. The van der Waals surface area contributed by atoms with Gasteiger partial charge < -0.3 is 10.2 Å². The van der Waals surface area contributed by atoms with Crippen molar-refractivity contribution in [2.45, 2.75) is 52.4 Å². The standard InChI is InChI=1S/2C10H14O.3ClH.Nb/c2*1-10(2,3)8-4-6-9(11)7-5-8;;;;/h2*4-7,11H,1-3H3;3*1H;/q;;;;;+3/p-3. The van der Waals surface area contributed by atoms with E-state index < -0.39 is 15.2 Å². The molecule has 0 unspecified atom stereocenters. The molecule has 26 heavy (non-hydrogen) atoms. The molecule has 0 radical (unpaired) electrons. The molecule has 146 valence electrons. The van der Waals surface area contributed by atoms with Gasteiger partial charge in [0, 0.05) is 0 Å². The summed E-state index contributed by atoms with van der Waals surface area (Å²) in [5, 5.41) is 18.0. The zero-order chi connectivity index (χ0) is 20.5. The van der Waals surface area contributed by atoms with Crippen LogP contribution in [-0.4, -0.2) is 10.2 Å². The van der Waals surface area contributed by atoms with Gasteiger partial charge in [0.05, 0.1) is 0 Å². The third-order valence-electron chi connectivity index (χ3n) is 3.47. The fraction of sp³-hybridized carbons (Fsp3) is 0.400. The van der Waals surface area contributed by atoms with Gasteiger partial charge in [-0.2, -0.15) is 0 Å². The van der Waals surface area contributed by atoms with E-state index in [2.05, 4.69) is 41.5 Å². The van der Waals surface area contributed by atoms with Gasteiger partial charge in [0.15, 0.2) is 0 Å². The van der Waals surface area contributed by atoms with E-state index in [1.54, 1.807) is 24.3 Å². The SMILES string of the molecule is CC(C)(C)c1ccc(O)cc1.CC(C)(C)c1ccc(O)cc1.[Cl][Nb]([Cl])[Cl]. The Morgan fingerprint density at radius 1 is 0.577 bits per heavy atom. The van der Waals surface area contributed by atoms with Crippen LogP contribution >= 0.6 is 27.6 Å². The first-order chi connectivity index (χ1) is 11.7. The molecular formula is C20H28Cl3NbO2. The van der Waals surface area contributed by atoms with E-state index in [0.29, 0.717) is 11.5 Å². The molecule has 0 aliphatic carbocycles. The molecule has 0 aliphatic heterocycles. The van der Waals surface area contributed by atoms with Gasteiger partial charge in [0.25, 0.3) is 0 Å². The van der Waals surface area contributed by atoms with Crippen LogP contribution < -0.4 is 0 Å². The number of rotatable bonds is 0. The van der Waals surface area contributed by atoms with Crippen molar-refractivity contribution in [2.75, 3.05) is 0 Å². The fourth-order valence-corrected chi connectivity index (χ4v) is 1.92. The van der Waals surface area contributed by atoms with Gasteiger partial charge in [-0.15, -0.1) is 0 Å². The van der Waals surface area contributed by atoms with Crippen LogP contribution in [0.1, 0.15) is 52.7 Å². The number of hydrogen-bond acceptors (Lipinski definition) is 2. The van der Waals surface area contributed by atoms with Crippen molar-refractivity contribution < 1.29 is 25.4 Å². The first-order valence-electron chi connectivity index (χ1n) is 8.10. The molecule has 0 saturated carbocycles. The summed E-state index contributed by atoms with van der Waals surface area (Å²) in [5.41, 5.74) is 2.84. The Morgan fingerprint density at radius 2 is 0.769 bits per heavy atom. The van der Waals surface area contributed by atoms with Gasteiger partial charge in [-0.3, -0.25) is 0 Å². The molecule has 0 amide bonds. The number of benzene rings is 2. The van der Waals surface area contributed by atoms with Gasteiger partial charge in [0.1, 0.15) is 11.5 Å². The van der Waals surface area contributed by atoms with Gasteiger partial charge in [-0.1, -0.05) is 65.8 Å². The molecule has 0 aromatic heterocycles. The molecule has 0 fully saturated rings. The topological polar surface area (TPSA) is 40.5 Å². The molecule has 0 spiro atoms. The Balaban J connectivity index is 0.000000401. The van der Waals surface area contributed by atoms with Gasteiger partial charge >= 0.3 is 42.8 Å². The van der Waals surface area contributed by atoms with Crippen molar-refractivity contribution >= 4 is 27.6 Å². The molecular weight excluding hydrogens is 471 g/mol. The van der Waals surface area contributed by atoms with E-state index in [1.807, 2.05) is 24.3 Å². The Bertz CT molecular complexity index is 570. The molecule has 2 aromatic rings. The summed E-state index contributed by atoms with van der Waals surface area (Å²) in [6, 6.07) is 14.7. The number of hydrogen-bond donors (Lipinski definition) is 2. The molecule has 0 aliphatic rings. The molecule has 6 heteroatoms. The van der Waals surface area contributed by atoms with Crippen LogP contribution in [0.5, 0.6) is 11.5 Å². The fourth-order valence-electron chi connectivity index (χ4n) is 1.92. The predicted octanol–water partition coefficient (Wildman–Crippen LogP) is 7.45. The maximum atomic E-state index is 9.02. The monoisotopic (exact) mass is 498 g/mol. The molecule has 0 bridgehead atoms. The van der Waals surface area contributed by atoms with E-state index in [0.717, 1.165) is 0 Å². The van der Waals surface area contributed by atoms with Crippen LogP contribution in [0.2, 0.25) is 0 Å². The number of phenols is 2. The van der Waals surface area contributed by atoms with Gasteiger partial charge in [0.2, 0.25) is 0 Å². The van der Waals surface area contributed by atoms with Crippen LogP contribution in [0.4, 0.5) is 0 Å². The average molecular weight is 500 g/mol. The summed E-state index contributed by atoms with van der Waals surface area (Å²) in [6.07, 6.45) is 0. The van der Waals surface area contributed by atoms with Crippen molar-refractivity contribution in [1.82, 2.24) is 0 Å². The van der Waals surface area contributed by atoms with Crippen molar-refractivity contribution in [2.24, 2.45) is 0 Å². The Kier molecular flexibility index (Phi) is 11.3. The van der Waals surface area contributed by atoms with Crippen LogP contribution in [0.25, 0.3) is 0 Å². The molecule has 2 nitrogen and oxygen atoms in total. The van der Waals surface area contributed by atoms with Crippen molar-refractivity contribution in [3.05, 3.63) is 59.7 Å². The summed E-state index contributed by atoms with van der Waals surface area (Å²) in [6.45, 7) is 12.9. The third-order valence-corrected chi connectivity index (χ3v) is 3.47. The second kappa shape index (κ2) is 11.5. The van der Waals surface area contributed by atoms with Crippen molar-refractivity contribution in [3.63, 3.8) is 0 Å². The van der Waals surface area contributed by atoms with E-state index >= 15 is 0 Å². The predicted molar refractivity (Wildman–Crippen MR) is 111 cm³/mol. The first-order valence-corrected chi connectivity index (χ1v) is 16.6. The zero-order valence-electron chi connectivity index (χ0n) is 16.1. The summed E-state index contributed by atoms with van der Waals surface area (Å²) < 4.78 is 0. The number of halogens is 3. The Hall–Kier alpha value is -0.350. The van der Waals surface area contributed by atoms with E-state index in [9.17, 15) is 0 Å². The summed E-state index contributed by atoms with van der Waals surface area (Å²) >= 11 is -2.03. The Morgan fingerprint density at radius 3 is 0.923 bits per heavy atom. The third kappa shape index (κ3) is 12.1.